The fraction of sp³-hybridized carbons (Fsp3) is 0.542. The zero-order chi connectivity index (χ0) is 30.6. The molecule has 1 unspecified atom stereocenters. The number of nitrogen functional groups attached to an aromatic ring is 1. The first-order valence-corrected chi connectivity index (χ1v) is 15.2. The molecule has 3 amide bonds. The van der Waals surface area contributed by atoms with Crippen LogP contribution in [0.15, 0.2) is 16.4 Å². The van der Waals surface area contributed by atoms with Crippen molar-refractivity contribution < 1.29 is 43.5 Å². The number of nitrogens with zero attached hydrogens (tertiary/aromatic N) is 4. The molecule has 6 rings (SSSR count). The minimum Gasteiger partial charge on any atom is -0.543 e. The molecule has 42 heavy (non-hydrogen) atoms. The Morgan fingerprint density at radius 1 is 1.31 bits per heavy atom. The number of carboxylic acid groups (broad SMARTS) is 2. The smallest absolute Gasteiger partial charge is 0.347 e. The number of quaternary nitrogens is 1. The van der Waals surface area contributed by atoms with Crippen LogP contribution < -0.4 is 21.9 Å². The first kappa shape index (κ1) is 30.1. The van der Waals surface area contributed by atoms with Crippen molar-refractivity contribution in [1.29, 1.82) is 0 Å². The molecular formula is C24H28ClN7O8S2. The summed E-state index contributed by atoms with van der Waals surface area (Å²) in [5.74, 6) is -4.43. The van der Waals surface area contributed by atoms with Crippen molar-refractivity contribution in [3.8, 4) is 0 Å². The van der Waals surface area contributed by atoms with Crippen LogP contribution in [0, 0.1) is 5.41 Å². The maximum Gasteiger partial charge on any atom is 0.347 e. The normalized spacial score (nSPS) is 29.4. The highest BCUT2D eigenvalue weighted by molar-refractivity contribution is 8.00. The quantitative estimate of drug-likeness (QED) is 0.0990. The van der Waals surface area contributed by atoms with Crippen LogP contribution in [-0.2, 0) is 28.8 Å². The third-order valence-corrected chi connectivity index (χ3v) is 10.9. The van der Waals surface area contributed by atoms with Gasteiger partial charge in [0.1, 0.15) is 28.0 Å². The SMILES string of the molecule is C[C@H](O/N=C(\C(=O)N[C@@H]1C(=O)N2C(C(=O)[O-])=C(C[N+]34CCC(C(N)=O)(CC3)CC4)CSC12)c1nc(N)sc1Cl)C(=O)O. The number of rotatable bonds is 10. The molecule has 5 aliphatic rings. The predicted molar refractivity (Wildman–Crippen MR) is 149 cm³/mol. The number of amides is 3. The minimum absolute atomic E-state index is 0.00982. The Morgan fingerprint density at radius 3 is 2.48 bits per heavy atom. The van der Waals surface area contributed by atoms with Crippen LogP contribution in [0.4, 0.5) is 5.13 Å². The van der Waals surface area contributed by atoms with Crippen molar-refractivity contribution in [3.63, 3.8) is 0 Å². The fourth-order valence-electron chi connectivity index (χ4n) is 5.91. The van der Waals surface area contributed by atoms with Crippen LogP contribution in [-0.4, -0.2) is 104 Å². The Bertz CT molecular complexity index is 1420. The number of nitrogens with two attached hydrogens (primary N) is 2. The topological polar surface area (TPSA) is 230 Å². The van der Waals surface area contributed by atoms with E-state index in [-0.39, 0.29) is 26.8 Å². The molecule has 6 heterocycles. The molecule has 15 nitrogen and oxygen atoms in total. The number of halogens is 1. The zero-order valence-electron chi connectivity index (χ0n) is 22.3. The summed E-state index contributed by atoms with van der Waals surface area (Å²) >= 11 is 8.30. The van der Waals surface area contributed by atoms with E-state index in [4.69, 9.17) is 33.0 Å². The molecule has 5 aliphatic heterocycles. The van der Waals surface area contributed by atoms with E-state index in [0.717, 1.165) is 16.2 Å². The number of aliphatic carboxylic acids is 2. The Labute approximate surface area is 252 Å². The Kier molecular flexibility index (Phi) is 7.88. The lowest BCUT2D eigenvalue weighted by Gasteiger charge is -2.55. The molecule has 0 radical (unpaired) electrons. The Hall–Kier alpha value is -3.41. The van der Waals surface area contributed by atoms with E-state index >= 15 is 0 Å². The van der Waals surface area contributed by atoms with Gasteiger partial charge in [-0.15, -0.1) is 11.8 Å². The number of oxime groups is 1. The van der Waals surface area contributed by atoms with Gasteiger partial charge >= 0.3 is 5.97 Å². The van der Waals surface area contributed by atoms with Crippen LogP contribution in [0.1, 0.15) is 31.9 Å². The van der Waals surface area contributed by atoms with Crippen molar-refractivity contribution in [2.45, 2.75) is 43.7 Å². The van der Waals surface area contributed by atoms with Crippen LogP contribution in [0.5, 0.6) is 0 Å². The predicted octanol–water partition coefficient (Wildman–Crippen LogP) is -1.54. The summed E-state index contributed by atoms with van der Waals surface area (Å²) < 4.78 is 0.602. The highest BCUT2D eigenvalue weighted by atomic mass is 35.5. The molecular weight excluding hydrogens is 614 g/mol. The van der Waals surface area contributed by atoms with E-state index in [1.165, 1.54) is 18.7 Å². The standard InChI is InChI=1S/C24H28ClN7O8S2/c1-10(20(35)36)40-30-13(12-16(25)42-23(27)29-12)17(33)28-14-18(34)31-15(21(37)38)11(9-41-19(14)31)8-32-5-2-24(3-6-32,4-7-32)22(26)39/h10,14,19H,2-9H2,1H3,(H6-,26,27,28,29,33,35,36,37,38,39)/b30-13-/t10-,14+,19?,24?,32?/m0/s1. The van der Waals surface area contributed by atoms with E-state index < -0.39 is 52.4 Å². The van der Waals surface area contributed by atoms with Gasteiger partial charge in [-0.25, -0.2) is 9.78 Å². The van der Waals surface area contributed by atoms with E-state index in [1.54, 1.807) is 0 Å². The van der Waals surface area contributed by atoms with Gasteiger partial charge in [-0.2, -0.15) is 0 Å². The second kappa shape index (κ2) is 11.0. The van der Waals surface area contributed by atoms with Crippen molar-refractivity contribution in [3.05, 3.63) is 21.3 Å². The largest absolute Gasteiger partial charge is 0.543 e. The number of fused-ring (bicyclic) bond motifs is 4. The van der Waals surface area contributed by atoms with Crippen LogP contribution >= 0.6 is 34.7 Å². The molecule has 0 saturated carbocycles. The van der Waals surface area contributed by atoms with E-state index in [2.05, 4.69) is 15.5 Å². The van der Waals surface area contributed by atoms with Gasteiger partial charge in [0.2, 0.25) is 12.0 Å². The van der Waals surface area contributed by atoms with Gasteiger partial charge in [-0.1, -0.05) is 28.1 Å². The maximum atomic E-state index is 13.3. The number of aromatic nitrogens is 1. The van der Waals surface area contributed by atoms with E-state index in [9.17, 15) is 29.1 Å². The number of piperidine rings is 3. The summed E-state index contributed by atoms with van der Waals surface area (Å²) in [5, 5.41) is 26.8. The lowest BCUT2D eigenvalue weighted by molar-refractivity contribution is -0.940. The monoisotopic (exact) mass is 641 g/mol. The van der Waals surface area contributed by atoms with E-state index in [0.29, 0.717) is 61.3 Å². The molecule has 4 fully saturated rings. The number of thioether (sulfide) groups is 1. The summed E-state index contributed by atoms with van der Waals surface area (Å²) in [6, 6.07) is -1.12. The van der Waals surface area contributed by atoms with Gasteiger partial charge in [0.25, 0.3) is 11.8 Å². The summed E-state index contributed by atoms with van der Waals surface area (Å²) in [5.41, 5.74) is 10.5. The summed E-state index contributed by atoms with van der Waals surface area (Å²) in [6.07, 6.45) is 0.493. The molecule has 0 aliphatic carbocycles. The number of hydrogen-bond donors (Lipinski definition) is 4. The Morgan fingerprint density at radius 2 is 1.95 bits per heavy atom. The molecule has 0 spiro atoms. The second-order valence-electron chi connectivity index (χ2n) is 10.9. The molecule has 4 saturated heterocycles. The van der Waals surface area contributed by atoms with Gasteiger partial charge in [-0.05, 0) is 6.92 Å². The summed E-state index contributed by atoms with van der Waals surface area (Å²) in [7, 11) is 0. The van der Waals surface area contributed by atoms with Gasteiger partial charge in [0.15, 0.2) is 10.8 Å². The summed E-state index contributed by atoms with van der Waals surface area (Å²) in [6.45, 7) is 3.65. The number of hydrogen-bond acceptors (Lipinski definition) is 12. The highest BCUT2D eigenvalue weighted by Gasteiger charge is 2.56. The molecule has 226 valence electrons. The number of nitrogens with one attached hydrogen (secondary N) is 1. The fourth-order valence-corrected chi connectivity index (χ4v) is 8.17. The lowest BCUT2D eigenvalue weighted by atomic mass is 9.70. The average molecular weight is 642 g/mol. The summed E-state index contributed by atoms with van der Waals surface area (Å²) in [4.78, 5) is 72.0. The van der Waals surface area contributed by atoms with Gasteiger partial charge in [0, 0.05) is 30.6 Å². The molecule has 6 N–H and O–H groups in total. The van der Waals surface area contributed by atoms with Crippen molar-refractivity contribution >= 4 is 75.2 Å². The van der Waals surface area contributed by atoms with Gasteiger partial charge in [-0.3, -0.25) is 19.3 Å². The number of carbonyl (C=O) groups excluding carboxylic acids is 4. The third-order valence-electron chi connectivity index (χ3n) is 8.46. The molecule has 1 aromatic heterocycles. The zero-order valence-corrected chi connectivity index (χ0v) is 24.7. The van der Waals surface area contributed by atoms with Crippen molar-refractivity contribution in [2.75, 3.05) is 37.7 Å². The van der Waals surface area contributed by atoms with Crippen LogP contribution in [0.25, 0.3) is 0 Å². The lowest BCUT2D eigenvalue weighted by Crippen LogP contribution is -2.72. The first-order valence-electron chi connectivity index (χ1n) is 13.0. The first-order chi connectivity index (χ1) is 19.8. The van der Waals surface area contributed by atoms with E-state index in [1.807, 2.05) is 0 Å². The van der Waals surface area contributed by atoms with Crippen LogP contribution in [0.3, 0.4) is 0 Å². The molecule has 1 aromatic rings. The molecule has 2 bridgehead atoms. The Balaban J connectivity index is 1.34. The average Bonchev–Trinajstić information content (AvgIpc) is 3.28. The second-order valence-corrected chi connectivity index (χ2v) is 13.6. The third kappa shape index (κ3) is 5.18. The van der Waals surface area contributed by atoms with Crippen molar-refractivity contribution in [2.24, 2.45) is 16.3 Å². The number of primary amides is 1. The number of β-lactam (4-membered cyclic amide) rings is 1. The van der Waals surface area contributed by atoms with Gasteiger partial charge in [0.05, 0.1) is 36.7 Å². The highest BCUT2D eigenvalue weighted by Crippen LogP contribution is 2.46. The number of carboxylic acids is 2. The van der Waals surface area contributed by atoms with Gasteiger partial charge < -0.3 is 41.1 Å². The molecule has 0 aromatic carbocycles. The molecule has 18 heteroatoms. The maximum absolute atomic E-state index is 13.3. The van der Waals surface area contributed by atoms with Crippen molar-refractivity contribution in [1.82, 2.24) is 15.2 Å². The number of thiazole rings is 1. The number of carbonyl (C=O) groups is 5. The number of anilines is 1. The van der Waals surface area contributed by atoms with Crippen LogP contribution in [0.2, 0.25) is 4.34 Å². The molecule has 3 atom stereocenters. The minimum atomic E-state index is -1.49.